The van der Waals surface area contributed by atoms with E-state index in [2.05, 4.69) is 93.7 Å². The Morgan fingerprint density at radius 1 is 0.344 bits per heavy atom. The third-order valence-electron chi connectivity index (χ3n) is 10.7. The summed E-state index contributed by atoms with van der Waals surface area (Å²) >= 11 is 0. The smallest absolute Gasteiger partial charge is 0.306 e. The molecule has 6 nitrogen and oxygen atoms in total. The highest BCUT2D eigenvalue weighted by atomic mass is 16.6. The van der Waals surface area contributed by atoms with E-state index in [-0.39, 0.29) is 31.1 Å². The van der Waals surface area contributed by atoms with E-state index >= 15 is 0 Å². The van der Waals surface area contributed by atoms with Crippen LogP contribution in [0.15, 0.2) is 72.9 Å². The topological polar surface area (TPSA) is 78.9 Å². The lowest BCUT2D eigenvalue weighted by molar-refractivity contribution is -0.167. The highest BCUT2D eigenvalue weighted by molar-refractivity contribution is 5.71. The average molecular weight is 851 g/mol. The van der Waals surface area contributed by atoms with Gasteiger partial charge in [-0.05, 0) is 109 Å². The predicted molar refractivity (Wildman–Crippen MR) is 261 cm³/mol. The molecule has 0 radical (unpaired) electrons. The first-order chi connectivity index (χ1) is 30.0. The zero-order chi connectivity index (χ0) is 44.4. The lowest BCUT2D eigenvalue weighted by Crippen LogP contribution is -2.30. The highest BCUT2D eigenvalue weighted by Gasteiger charge is 2.19. The second kappa shape index (κ2) is 49.5. The fourth-order valence-corrected chi connectivity index (χ4v) is 6.83. The van der Waals surface area contributed by atoms with Crippen molar-refractivity contribution in [3.63, 3.8) is 0 Å². The maximum absolute atomic E-state index is 12.8. The van der Waals surface area contributed by atoms with Crippen molar-refractivity contribution in [3.8, 4) is 0 Å². The maximum atomic E-state index is 12.8. The summed E-state index contributed by atoms with van der Waals surface area (Å²) in [6, 6.07) is 0. The van der Waals surface area contributed by atoms with Crippen molar-refractivity contribution in [2.75, 3.05) is 13.2 Å². The van der Waals surface area contributed by atoms with Crippen molar-refractivity contribution in [3.05, 3.63) is 72.9 Å². The summed E-state index contributed by atoms with van der Waals surface area (Å²) in [4.78, 5) is 37.9. The highest BCUT2D eigenvalue weighted by Crippen LogP contribution is 2.14. The Morgan fingerprint density at radius 2 is 0.639 bits per heavy atom. The molecule has 0 aromatic carbocycles. The zero-order valence-electron chi connectivity index (χ0n) is 39.9. The van der Waals surface area contributed by atoms with Gasteiger partial charge in [-0.1, -0.05) is 184 Å². The van der Waals surface area contributed by atoms with Crippen molar-refractivity contribution >= 4 is 17.9 Å². The lowest BCUT2D eigenvalue weighted by Gasteiger charge is -2.18. The molecule has 0 rings (SSSR count). The van der Waals surface area contributed by atoms with E-state index in [0.29, 0.717) is 19.3 Å². The van der Waals surface area contributed by atoms with Crippen molar-refractivity contribution < 1.29 is 28.6 Å². The van der Waals surface area contributed by atoms with Gasteiger partial charge in [0, 0.05) is 19.3 Å². The Balaban J connectivity index is 4.47. The molecule has 0 aliphatic carbocycles. The van der Waals surface area contributed by atoms with Crippen LogP contribution >= 0.6 is 0 Å². The number of hydrogen-bond donors (Lipinski definition) is 0. The van der Waals surface area contributed by atoms with Gasteiger partial charge >= 0.3 is 17.9 Å². The molecule has 0 aromatic rings. The van der Waals surface area contributed by atoms with Gasteiger partial charge < -0.3 is 14.2 Å². The first-order valence-corrected chi connectivity index (χ1v) is 25.4. The number of carbonyl (C=O) groups is 3. The van der Waals surface area contributed by atoms with Gasteiger partial charge in [-0.25, -0.2) is 0 Å². The number of rotatable bonds is 45. The Kier molecular flexibility index (Phi) is 46.9. The SMILES string of the molecule is CC/C=C\C/C=C\C/C=C\C/C=C\CCCCC(=O)OC[C@H](COC(=O)CCCCCCC/C=C\CCCCCC)OC(=O)CCCCCCCCC/C=C\CCCCCC. The Morgan fingerprint density at radius 3 is 1.05 bits per heavy atom. The summed E-state index contributed by atoms with van der Waals surface area (Å²) in [5, 5.41) is 0. The van der Waals surface area contributed by atoms with Crippen LogP contribution in [0.25, 0.3) is 0 Å². The Labute approximate surface area is 376 Å². The van der Waals surface area contributed by atoms with Gasteiger partial charge in [0.1, 0.15) is 13.2 Å². The fraction of sp³-hybridized carbons (Fsp3) is 0.727. The van der Waals surface area contributed by atoms with Crippen LogP contribution in [0.2, 0.25) is 0 Å². The molecule has 0 aromatic heterocycles. The number of allylic oxidation sites excluding steroid dienone is 12. The van der Waals surface area contributed by atoms with Crippen LogP contribution < -0.4 is 0 Å². The molecule has 0 bridgehead atoms. The minimum Gasteiger partial charge on any atom is -0.462 e. The molecule has 0 amide bonds. The summed E-state index contributed by atoms with van der Waals surface area (Å²) in [5.41, 5.74) is 0. The second-order valence-corrected chi connectivity index (χ2v) is 16.7. The minimum atomic E-state index is -0.796. The van der Waals surface area contributed by atoms with Crippen LogP contribution in [0.4, 0.5) is 0 Å². The van der Waals surface area contributed by atoms with Gasteiger partial charge in [-0.15, -0.1) is 0 Å². The molecular weight excluding hydrogens is 757 g/mol. The predicted octanol–water partition coefficient (Wildman–Crippen LogP) is 16.6. The molecule has 0 aliphatic heterocycles. The standard InChI is InChI=1S/C55H94O6/c1-4-7-10-13-16-19-22-25-27-30-33-36-39-42-45-48-54(57)60-51-52(50-59-53(56)47-44-41-38-35-32-29-24-21-18-15-12-9-6-3)61-55(58)49-46-43-40-37-34-31-28-26-23-20-17-14-11-8-5-2/h7,10,16,19-21,23-25,27,33,36,52H,4-6,8-9,11-15,17-18,22,26,28-32,34-35,37-51H2,1-3H3/b10-7-,19-16-,23-20-,24-21-,27-25-,36-33-/t52-/m0/s1. The largest absolute Gasteiger partial charge is 0.462 e. The molecule has 0 heterocycles. The van der Waals surface area contributed by atoms with E-state index in [9.17, 15) is 14.4 Å². The molecular formula is C55H94O6. The number of hydrogen-bond acceptors (Lipinski definition) is 6. The summed E-state index contributed by atoms with van der Waals surface area (Å²) in [5.74, 6) is -0.950. The number of unbranched alkanes of at least 4 members (excludes halogenated alkanes) is 22. The zero-order valence-corrected chi connectivity index (χ0v) is 39.9. The first-order valence-electron chi connectivity index (χ1n) is 25.4. The van der Waals surface area contributed by atoms with Gasteiger partial charge in [0.05, 0.1) is 0 Å². The quantitative estimate of drug-likeness (QED) is 0.0263. The van der Waals surface area contributed by atoms with Crippen molar-refractivity contribution in [1.82, 2.24) is 0 Å². The molecule has 0 N–H and O–H groups in total. The number of carbonyl (C=O) groups excluding carboxylic acids is 3. The molecule has 0 saturated carbocycles. The third-order valence-corrected chi connectivity index (χ3v) is 10.7. The van der Waals surface area contributed by atoms with Gasteiger partial charge in [0.25, 0.3) is 0 Å². The van der Waals surface area contributed by atoms with E-state index < -0.39 is 6.10 Å². The monoisotopic (exact) mass is 851 g/mol. The maximum Gasteiger partial charge on any atom is 0.306 e. The van der Waals surface area contributed by atoms with Crippen molar-refractivity contribution in [2.24, 2.45) is 0 Å². The second-order valence-electron chi connectivity index (χ2n) is 16.7. The van der Waals surface area contributed by atoms with Crippen LogP contribution in [0.5, 0.6) is 0 Å². The van der Waals surface area contributed by atoms with Crippen molar-refractivity contribution in [2.45, 2.75) is 245 Å². The first kappa shape index (κ1) is 57.9. The van der Waals surface area contributed by atoms with E-state index in [1.165, 1.54) is 109 Å². The van der Waals surface area contributed by atoms with Crippen LogP contribution in [-0.2, 0) is 28.6 Å². The Bertz CT molecular complexity index is 1160. The molecule has 61 heavy (non-hydrogen) atoms. The average Bonchev–Trinajstić information content (AvgIpc) is 3.26. The Hall–Kier alpha value is -3.15. The van der Waals surface area contributed by atoms with Gasteiger partial charge in [-0.3, -0.25) is 14.4 Å². The molecule has 1 atom stereocenters. The molecule has 0 spiro atoms. The van der Waals surface area contributed by atoms with Crippen LogP contribution in [0, 0.1) is 0 Å². The molecule has 6 heteroatoms. The molecule has 0 aliphatic rings. The summed E-state index contributed by atoms with van der Waals surface area (Å²) in [6.07, 6.45) is 61.7. The summed E-state index contributed by atoms with van der Waals surface area (Å²) in [7, 11) is 0. The van der Waals surface area contributed by atoms with Crippen molar-refractivity contribution in [1.29, 1.82) is 0 Å². The van der Waals surface area contributed by atoms with E-state index in [0.717, 1.165) is 89.9 Å². The normalized spacial score (nSPS) is 12.6. The lowest BCUT2D eigenvalue weighted by atomic mass is 10.1. The van der Waals surface area contributed by atoms with Crippen LogP contribution in [0.3, 0.4) is 0 Å². The fourth-order valence-electron chi connectivity index (χ4n) is 6.83. The van der Waals surface area contributed by atoms with Gasteiger partial charge in [0.2, 0.25) is 0 Å². The molecule has 0 fully saturated rings. The molecule has 0 saturated heterocycles. The molecule has 0 unspecified atom stereocenters. The van der Waals surface area contributed by atoms with E-state index in [4.69, 9.17) is 14.2 Å². The van der Waals surface area contributed by atoms with Crippen LogP contribution in [0.1, 0.15) is 239 Å². The van der Waals surface area contributed by atoms with Crippen LogP contribution in [-0.4, -0.2) is 37.2 Å². The summed E-state index contributed by atoms with van der Waals surface area (Å²) < 4.78 is 16.7. The number of esters is 3. The minimum absolute atomic E-state index is 0.0947. The summed E-state index contributed by atoms with van der Waals surface area (Å²) in [6.45, 7) is 6.45. The van der Waals surface area contributed by atoms with Gasteiger partial charge in [0.15, 0.2) is 6.10 Å². The third kappa shape index (κ3) is 47.7. The van der Waals surface area contributed by atoms with E-state index in [1.54, 1.807) is 0 Å². The number of ether oxygens (including phenoxy) is 3. The van der Waals surface area contributed by atoms with E-state index in [1.807, 2.05) is 0 Å². The molecule has 350 valence electrons. The van der Waals surface area contributed by atoms with Gasteiger partial charge in [-0.2, -0.15) is 0 Å².